The SMILES string of the molecule is O=C(O)c1cc(Cl)c2c(c1Cl)C(=O)OC21c2ccc(NC(=O)C(F)(F)F)cc2Oc2cc3c(cc21)CCCN3C(=O)C(F)(F)F. The number of alkyl halides is 6. The minimum atomic E-state index is -5.26. The van der Waals surface area contributed by atoms with Crippen LogP contribution in [0.2, 0.25) is 10.0 Å². The second-order valence-corrected chi connectivity index (χ2v) is 10.9. The number of nitrogens with one attached hydrogen (secondary N) is 1. The fourth-order valence-corrected chi connectivity index (χ4v) is 6.36. The second-order valence-electron chi connectivity index (χ2n) is 10.1. The molecule has 6 rings (SSSR count). The van der Waals surface area contributed by atoms with Crippen LogP contribution in [0.4, 0.5) is 37.7 Å². The van der Waals surface area contributed by atoms with Gasteiger partial charge in [-0.25, -0.2) is 9.59 Å². The van der Waals surface area contributed by atoms with E-state index in [0.717, 1.165) is 24.3 Å². The van der Waals surface area contributed by atoms with Crippen LogP contribution in [0.1, 0.15) is 49.4 Å². The number of hydrogen-bond donors (Lipinski definition) is 2. The summed E-state index contributed by atoms with van der Waals surface area (Å²) < 4.78 is 91.0. The number of aromatic carboxylic acids is 1. The van der Waals surface area contributed by atoms with E-state index in [9.17, 15) is 50.6 Å². The molecule has 0 saturated carbocycles. The van der Waals surface area contributed by atoms with Crippen LogP contribution in [0.25, 0.3) is 0 Å². The molecule has 0 radical (unpaired) electrons. The van der Waals surface area contributed by atoms with Crippen molar-refractivity contribution in [2.75, 3.05) is 16.8 Å². The molecule has 3 aliphatic heterocycles. The van der Waals surface area contributed by atoms with Crippen LogP contribution >= 0.6 is 23.2 Å². The van der Waals surface area contributed by atoms with Crippen molar-refractivity contribution in [3.8, 4) is 11.5 Å². The number of benzene rings is 3. The van der Waals surface area contributed by atoms with Gasteiger partial charge in [0.1, 0.15) is 11.5 Å². The largest absolute Gasteiger partial charge is 0.478 e. The van der Waals surface area contributed by atoms with Crippen LogP contribution in [0.15, 0.2) is 36.4 Å². The van der Waals surface area contributed by atoms with Crippen molar-refractivity contribution >= 4 is 58.3 Å². The van der Waals surface area contributed by atoms with Gasteiger partial charge in [-0.3, -0.25) is 9.59 Å². The van der Waals surface area contributed by atoms with Crippen LogP contribution in [0.5, 0.6) is 11.5 Å². The lowest BCUT2D eigenvalue weighted by Crippen LogP contribution is -2.44. The van der Waals surface area contributed by atoms with E-state index in [0.29, 0.717) is 4.90 Å². The number of ether oxygens (including phenoxy) is 2. The summed E-state index contributed by atoms with van der Waals surface area (Å²) in [4.78, 5) is 49.6. The molecule has 3 aromatic rings. The van der Waals surface area contributed by atoms with Crippen molar-refractivity contribution in [1.29, 1.82) is 0 Å². The maximum absolute atomic E-state index is 13.5. The van der Waals surface area contributed by atoms with Gasteiger partial charge in [0.05, 0.1) is 26.9 Å². The number of fused-ring (bicyclic) bond motifs is 7. The monoisotopic (exact) mass is 674 g/mol. The smallest absolute Gasteiger partial charge is 0.471 e. The van der Waals surface area contributed by atoms with Gasteiger partial charge in [-0.1, -0.05) is 23.2 Å². The summed E-state index contributed by atoms with van der Waals surface area (Å²) in [6, 6.07) is 6.57. The number of carbonyl (C=O) groups is 4. The minimum absolute atomic E-state index is 0.00437. The van der Waals surface area contributed by atoms with Crippen molar-refractivity contribution in [3.63, 3.8) is 0 Å². The number of nitrogens with zero attached hydrogens (tertiary/aromatic N) is 1. The van der Waals surface area contributed by atoms with Crippen molar-refractivity contribution in [2.24, 2.45) is 0 Å². The quantitative estimate of drug-likeness (QED) is 0.232. The van der Waals surface area contributed by atoms with Crippen LogP contribution in [0, 0.1) is 0 Å². The third-order valence-corrected chi connectivity index (χ3v) is 8.20. The summed E-state index contributed by atoms with van der Waals surface area (Å²) in [5.41, 5.74) is -3.69. The first-order valence-electron chi connectivity index (χ1n) is 12.7. The lowest BCUT2D eigenvalue weighted by molar-refractivity contribution is -0.170. The summed E-state index contributed by atoms with van der Waals surface area (Å²) in [7, 11) is 0. The molecule has 0 saturated heterocycles. The van der Waals surface area contributed by atoms with E-state index in [1.807, 2.05) is 0 Å². The number of esters is 1. The van der Waals surface area contributed by atoms with Gasteiger partial charge in [0.15, 0.2) is 5.60 Å². The Balaban J connectivity index is 1.63. The standard InChI is InChI=1S/C28H14Cl2F6N2O7/c29-15-8-12(22(39)40)21(30)19-20(15)26(45-23(19)41)13-4-3-11(37-24(42)27(31,32)33)7-17(13)44-18-9-16-10(6-14(18)26)2-1-5-38(16)25(43)28(34,35)36/h3-4,6-9H,1-2,5H2,(H,37,42)(H,39,40). The molecule has 0 fully saturated rings. The van der Waals surface area contributed by atoms with Gasteiger partial charge < -0.3 is 24.8 Å². The molecule has 45 heavy (non-hydrogen) atoms. The zero-order valence-corrected chi connectivity index (χ0v) is 23.5. The van der Waals surface area contributed by atoms with Crippen molar-refractivity contribution < 1.29 is 60.1 Å². The fourth-order valence-electron chi connectivity index (χ4n) is 5.72. The number of amides is 2. The highest BCUT2D eigenvalue weighted by molar-refractivity contribution is 6.39. The number of aryl methyl sites for hydroxylation is 1. The third-order valence-electron chi connectivity index (χ3n) is 7.51. The Morgan fingerprint density at radius 2 is 1.64 bits per heavy atom. The highest BCUT2D eigenvalue weighted by Crippen LogP contribution is 2.60. The molecule has 234 valence electrons. The normalized spacial score (nSPS) is 18.3. The molecule has 0 aromatic heterocycles. The molecule has 17 heteroatoms. The first-order valence-corrected chi connectivity index (χ1v) is 13.5. The highest BCUT2D eigenvalue weighted by Gasteiger charge is 2.57. The third kappa shape index (κ3) is 4.63. The summed E-state index contributed by atoms with van der Waals surface area (Å²) in [6.45, 7) is -0.295. The predicted molar refractivity (Wildman–Crippen MR) is 143 cm³/mol. The van der Waals surface area contributed by atoms with Gasteiger partial charge in [-0.15, -0.1) is 0 Å². The fraction of sp³-hybridized carbons (Fsp3) is 0.214. The van der Waals surface area contributed by atoms with E-state index in [4.69, 9.17) is 32.7 Å². The number of carboxylic acids is 1. The average molecular weight is 675 g/mol. The molecular weight excluding hydrogens is 661 g/mol. The van der Waals surface area contributed by atoms with Crippen LogP contribution in [-0.2, 0) is 26.3 Å². The van der Waals surface area contributed by atoms with E-state index in [1.54, 1.807) is 5.32 Å². The van der Waals surface area contributed by atoms with Gasteiger partial charge in [0, 0.05) is 41.1 Å². The molecule has 1 atom stereocenters. The van der Waals surface area contributed by atoms with Crippen molar-refractivity contribution in [3.05, 3.63) is 79.8 Å². The zero-order chi connectivity index (χ0) is 32.8. The molecule has 2 amide bonds. The van der Waals surface area contributed by atoms with E-state index in [2.05, 4.69) is 0 Å². The number of halogens is 8. The summed E-state index contributed by atoms with van der Waals surface area (Å²) >= 11 is 12.9. The van der Waals surface area contributed by atoms with Crippen molar-refractivity contribution in [2.45, 2.75) is 30.8 Å². The molecule has 0 aliphatic carbocycles. The molecule has 2 N–H and O–H groups in total. The van der Waals surface area contributed by atoms with Gasteiger partial charge in [0.2, 0.25) is 0 Å². The first kappa shape index (κ1) is 30.5. The van der Waals surface area contributed by atoms with Gasteiger partial charge in [0.25, 0.3) is 0 Å². The number of rotatable bonds is 2. The summed E-state index contributed by atoms with van der Waals surface area (Å²) in [5.74, 6) is -7.74. The van der Waals surface area contributed by atoms with Crippen LogP contribution in [-0.4, -0.2) is 47.8 Å². The van der Waals surface area contributed by atoms with E-state index < -0.39 is 63.5 Å². The van der Waals surface area contributed by atoms with Crippen LogP contribution in [0.3, 0.4) is 0 Å². The minimum Gasteiger partial charge on any atom is -0.478 e. The molecule has 0 bridgehead atoms. The lowest BCUT2D eigenvalue weighted by Gasteiger charge is -2.39. The molecule has 1 unspecified atom stereocenters. The Bertz CT molecular complexity index is 1880. The lowest BCUT2D eigenvalue weighted by atomic mass is 9.76. The topological polar surface area (TPSA) is 122 Å². The molecule has 1 spiro atoms. The molecule has 3 aromatic carbocycles. The van der Waals surface area contributed by atoms with E-state index in [-0.39, 0.29) is 63.8 Å². The molecule has 3 heterocycles. The second kappa shape index (κ2) is 10.0. The Morgan fingerprint density at radius 1 is 0.956 bits per heavy atom. The Kier molecular flexibility index (Phi) is 6.79. The number of hydrogen-bond acceptors (Lipinski definition) is 6. The van der Waals surface area contributed by atoms with E-state index >= 15 is 0 Å². The van der Waals surface area contributed by atoms with Crippen LogP contribution < -0.4 is 15.0 Å². The number of carbonyl (C=O) groups excluding carboxylic acids is 3. The summed E-state index contributed by atoms with van der Waals surface area (Å²) in [6.07, 6.45) is -10.2. The number of carboxylic acid groups (broad SMARTS) is 1. The highest BCUT2D eigenvalue weighted by atomic mass is 35.5. The first-order chi connectivity index (χ1) is 20.9. The Labute approximate surface area is 257 Å². The van der Waals surface area contributed by atoms with E-state index in [1.165, 1.54) is 12.1 Å². The van der Waals surface area contributed by atoms with Gasteiger partial charge in [-0.05, 0) is 42.7 Å². The number of anilines is 2. The summed E-state index contributed by atoms with van der Waals surface area (Å²) in [5, 5.41) is 10.4. The molecule has 3 aliphatic rings. The predicted octanol–water partition coefficient (Wildman–Crippen LogP) is 6.60. The Hall–Kier alpha value is -4.50. The molecule has 9 nitrogen and oxygen atoms in total. The van der Waals surface area contributed by atoms with Gasteiger partial charge in [-0.2, -0.15) is 26.3 Å². The maximum atomic E-state index is 13.5. The molecular formula is C28H14Cl2F6N2O7. The Morgan fingerprint density at radius 3 is 2.29 bits per heavy atom. The maximum Gasteiger partial charge on any atom is 0.471 e. The average Bonchev–Trinajstić information content (AvgIpc) is 3.26. The zero-order valence-electron chi connectivity index (χ0n) is 22.0. The van der Waals surface area contributed by atoms with Gasteiger partial charge >= 0.3 is 36.1 Å². The van der Waals surface area contributed by atoms with Crippen molar-refractivity contribution in [1.82, 2.24) is 0 Å².